The molecule has 20 heavy (non-hydrogen) atoms. The third-order valence-electron chi connectivity index (χ3n) is 3.59. The van der Waals surface area contributed by atoms with Gasteiger partial charge in [0.05, 0.1) is 0 Å². The van der Waals surface area contributed by atoms with Crippen molar-refractivity contribution in [2.45, 2.75) is 37.8 Å². The molecule has 0 spiro atoms. The highest BCUT2D eigenvalue weighted by molar-refractivity contribution is 5.86. The number of nitrogens with one attached hydrogen (secondary N) is 2. The fraction of sp³-hybridized carbons (Fsp3) is 0.429. The average molecular weight is 280 g/mol. The number of halogens is 1. The number of hydrogen-bond acceptors (Lipinski definition) is 2. The molecule has 0 saturated heterocycles. The number of carboxylic acids is 1. The van der Waals surface area contributed by atoms with E-state index < -0.39 is 17.5 Å². The van der Waals surface area contributed by atoms with Crippen molar-refractivity contribution in [3.8, 4) is 0 Å². The summed E-state index contributed by atoms with van der Waals surface area (Å²) in [6, 6.07) is 5.24. The first-order chi connectivity index (χ1) is 9.52. The Labute approximate surface area is 116 Å². The van der Waals surface area contributed by atoms with Crippen LogP contribution in [0.15, 0.2) is 24.3 Å². The number of carbonyl (C=O) groups is 2. The fourth-order valence-electron chi connectivity index (χ4n) is 2.42. The van der Waals surface area contributed by atoms with E-state index in [1.54, 1.807) is 12.1 Å². The molecule has 2 amide bonds. The Hall–Kier alpha value is -2.11. The Morgan fingerprint density at radius 2 is 1.80 bits per heavy atom. The second-order valence-electron chi connectivity index (χ2n) is 5.03. The second kappa shape index (κ2) is 5.90. The predicted octanol–water partition coefficient (Wildman–Crippen LogP) is 2.02. The van der Waals surface area contributed by atoms with E-state index in [1.807, 2.05) is 0 Å². The van der Waals surface area contributed by atoms with E-state index >= 15 is 0 Å². The monoisotopic (exact) mass is 280 g/mol. The fourth-order valence-corrected chi connectivity index (χ4v) is 2.42. The van der Waals surface area contributed by atoms with Gasteiger partial charge in [0.2, 0.25) is 0 Å². The van der Waals surface area contributed by atoms with Crippen molar-refractivity contribution >= 4 is 12.0 Å². The minimum absolute atomic E-state index is 0.224. The van der Waals surface area contributed by atoms with E-state index in [0.29, 0.717) is 12.8 Å². The highest BCUT2D eigenvalue weighted by Gasteiger charge is 2.42. The summed E-state index contributed by atoms with van der Waals surface area (Å²) < 4.78 is 12.7. The molecule has 0 aromatic heterocycles. The smallest absolute Gasteiger partial charge is 0.329 e. The molecular formula is C14H17FN2O3. The number of aliphatic carboxylic acids is 1. The highest BCUT2D eigenvalue weighted by atomic mass is 19.1. The zero-order valence-electron chi connectivity index (χ0n) is 11.0. The lowest BCUT2D eigenvalue weighted by molar-refractivity contribution is -0.144. The molecule has 1 aromatic carbocycles. The number of carbonyl (C=O) groups excluding carboxylic acids is 1. The largest absolute Gasteiger partial charge is 0.480 e. The predicted molar refractivity (Wildman–Crippen MR) is 70.6 cm³/mol. The summed E-state index contributed by atoms with van der Waals surface area (Å²) in [7, 11) is 0. The number of rotatable bonds is 4. The standard InChI is InChI=1S/C14H17FN2O3/c15-11-5-3-10(4-6-11)9-16-13(20)17-14(12(18)19)7-1-2-8-14/h3-6H,1-2,7-9H2,(H,18,19)(H2,16,17,20). The normalized spacial score (nSPS) is 16.6. The average Bonchev–Trinajstić information content (AvgIpc) is 2.88. The van der Waals surface area contributed by atoms with Crippen LogP contribution in [0.3, 0.4) is 0 Å². The Balaban J connectivity index is 1.89. The molecule has 0 bridgehead atoms. The van der Waals surface area contributed by atoms with Crippen LogP contribution in [0.5, 0.6) is 0 Å². The minimum Gasteiger partial charge on any atom is -0.480 e. The first-order valence-corrected chi connectivity index (χ1v) is 6.56. The third kappa shape index (κ3) is 3.26. The number of benzene rings is 1. The molecule has 6 heteroatoms. The number of amides is 2. The van der Waals surface area contributed by atoms with Gasteiger partial charge in [-0.1, -0.05) is 25.0 Å². The van der Waals surface area contributed by atoms with E-state index in [4.69, 9.17) is 0 Å². The molecule has 0 unspecified atom stereocenters. The van der Waals surface area contributed by atoms with E-state index in [1.165, 1.54) is 12.1 Å². The van der Waals surface area contributed by atoms with Crippen molar-refractivity contribution in [3.63, 3.8) is 0 Å². The van der Waals surface area contributed by atoms with Crippen molar-refractivity contribution in [3.05, 3.63) is 35.6 Å². The Morgan fingerprint density at radius 3 is 2.35 bits per heavy atom. The van der Waals surface area contributed by atoms with E-state index in [0.717, 1.165) is 18.4 Å². The molecule has 2 rings (SSSR count). The molecule has 0 atom stereocenters. The van der Waals surface area contributed by atoms with Crippen LogP contribution in [-0.4, -0.2) is 22.6 Å². The number of hydrogen-bond donors (Lipinski definition) is 3. The molecule has 0 radical (unpaired) electrons. The Bertz CT molecular complexity index is 496. The first kappa shape index (κ1) is 14.3. The topological polar surface area (TPSA) is 78.4 Å². The van der Waals surface area contributed by atoms with Crippen LogP contribution in [-0.2, 0) is 11.3 Å². The second-order valence-corrected chi connectivity index (χ2v) is 5.03. The van der Waals surface area contributed by atoms with Gasteiger partial charge in [0, 0.05) is 6.54 Å². The van der Waals surface area contributed by atoms with Crippen molar-refractivity contribution in [2.75, 3.05) is 0 Å². The number of urea groups is 1. The highest BCUT2D eigenvalue weighted by Crippen LogP contribution is 2.29. The van der Waals surface area contributed by atoms with Gasteiger partial charge in [-0.15, -0.1) is 0 Å². The van der Waals surface area contributed by atoms with Crippen molar-refractivity contribution in [2.24, 2.45) is 0 Å². The molecule has 5 nitrogen and oxygen atoms in total. The van der Waals surface area contributed by atoms with Crippen LogP contribution in [0, 0.1) is 5.82 Å². The van der Waals surface area contributed by atoms with Crippen LogP contribution in [0.25, 0.3) is 0 Å². The van der Waals surface area contributed by atoms with Gasteiger partial charge < -0.3 is 15.7 Å². The molecule has 1 aliphatic carbocycles. The van der Waals surface area contributed by atoms with Crippen LogP contribution >= 0.6 is 0 Å². The van der Waals surface area contributed by atoms with Gasteiger partial charge in [0.25, 0.3) is 0 Å². The molecule has 108 valence electrons. The molecule has 1 aromatic rings. The van der Waals surface area contributed by atoms with Gasteiger partial charge in [-0.2, -0.15) is 0 Å². The molecule has 0 aliphatic heterocycles. The quantitative estimate of drug-likeness (QED) is 0.789. The summed E-state index contributed by atoms with van der Waals surface area (Å²) >= 11 is 0. The Morgan fingerprint density at radius 1 is 1.20 bits per heavy atom. The molecule has 1 aliphatic rings. The zero-order valence-corrected chi connectivity index (χ0v) is 11.0. The lowest BCUT2D eigenvalue weighted by Crippen LogP contribution is -2.55. The molecule has 1 fully saturated rings. The van der Waals surface area contributed by atoms with Crippen LogP contribution in [0.4, 0.5) is 9.18 Å². The molecule has 1 saturated carbocycles. The maximum Gasteiger partial charge on any atom is 0.329 e. The van der Waals surface area contributed by atoms with Crippen LogP contribution < -0.4 is 10.6 Å². The minimum atomic E-state index is -1.15. The summed E-state index contributed by atoms with van der Waals surface area (Å²) in [5, 5.41) is 14.4. The van der Waals surface area contributed by atoms with E-state index in [9.17, 15) is 19.1 Å². The van der Waals surface area contributed by atoms with Crippen LogP contribution in [0.1, 0.15) is 31.2 Å². The summed E-state index contributed by atoms with van der Waals surface area (Å²) in [6.45, 7) is 0.224. The summed E-state index contributed by atoms with van der Waals surface area (Å²) in [4.78, 5) is 23.1. The van der Waals surface area contributed by atoms with Gasteiger partial charge in [-0.05, 0) is 30.5 Å². The van der Waals surface area contributed by atoms with Gasteiger partial charge in [-0.25, -0.2) is 14.0 Å². The van der Waals surface area contributed by atoms with Gasteiger partial charge in [0.15, 0.2) is 0 Å². The third-order valence-corrected chi connectivity index (χ3v) is 3.59. The van der Waals surface area contributed by atoms with Gasteiger partial charge in [-0.3, -0.25) is 0 Å². The SMILES string of the molecule is O=C(NCc1ccc(F)cc1)NC1(C(=O)O)CCCC1. The summed E-state index contributed by atoms with van der Waals surface area (Å²) in [5.41, 5.74) is -0.398. The lowest BCUT2D eigenvalue weighted by atomic mass is 9.98. The zero-order chi connectivity index (χ0) is 14.6. The molecule has 3 N–H and O–H groups in total. The van der Waals surface area contributed by atoms with E-state index in [-0.39, 0.29) is 12.4 Å². The lowest BCUT2D eigenvalue weighted by Gasteiger charge is -2.25. The molecule has 0 heterocycles. The van der Waals surface area contributed by atoms with E-state index in [2.05, 4.69) is 10.6 Å². The Kier molecular flexibility index (Phi) is 4.22. The first-order valence-electron chi connectivity index (χ1n) is 6.56. The maximum absolute atomic E-state index is 12.7. The van der Waals surface area contributed by atoms with Gasteiger partial charge in [0.1, 0.15) is 11.4 Å². The van der Waals surface area contributed by atoms with Gasteiger partial charge >= 0.3 is 12.0 Å². The summed E-state index contributed by atoms with van der Waals surface area (Å²) in [6.07, 6.45) is 2.49. The van der Waals surface area contributed by atoms with Crippen molar-refractivity contribution in [1.29, 1.82) is 0 Å². The molecular weight excluding hydrogens is 263 g/mol. The summed E-state index contributed by atoms with van der Waals surface area (Å²) in [5.74, 6) is -1.33. The van der Waals surface area contributed by atoms with Crippen molar-refractivity contribution in [1.82, 2.24) is 10.6 Å². The maximum atomic E-state index is 12.7. The van der Waals surface area contributed by atoms with Crippen molar-refractivity contribution < 1.29 is 19.1 Å². The van der Waals surface area contributed by atoms with Crippen LogP contribution in [0.2, 0.25) is 0 Å². The number of carboxylic acid groups (broad SMARTS) is 1.